The van der Waals surface area contributed by atoms with Crippen molar-refractivity contribution < 1.29 is 9.53 Å². The molecule has 1 fully saturated rings. The van der Waals surface area contributed by atoms with Gasteiger partial charge in [-0.15, -0.1) is 0 Å². The molecule has 0 aliphatic carbocycles. The van der Waals surface area contributed by atoms with Gasteiger partial charge in [-0.25, -0.2) is 0 Å². The first-order chi connectivity index (χ1) is 19.5. The molecule has 1 aliphatic heterocycles. The molecule has 2 atom stereocenters. The maximum absolute atomic E-state index is 12.1. The first kappa shape index (κ1) is 25.7. The second-order valence-corrected chi connectivity index (χ2v) is 10.2. The van der Waals surface area contributed by atoms with Gasteiger partial charge in [-0.1, -0.05) is 36.4 Å². The molecular weight excluding hydrogens is 518 g/mol. The van der Waals surface area contributed by atoms with Gasteiger partial charge < -0.3 is 24.8 Å². The van der Waals surface area contributed by atoms with E-state index in [1.807, 2.05) is 49.5 Å². The Morgan fingerprint density at radius 1 is 0.975 bits per heavy atom. The second-order valence-electron chi connectivity index (χ2n) is 9.81. The normalized spacial score (nSPS) is 16.8. The van der Waals surface area contributed by atoms with Crippen molar-refractivity contribution >= 4 is 45.4 Å². The number of benzene rings is 3. The molecule has 0 radical (unpaired) electrons. The Hall–Kier alpha value is -4.53. The lowest BCUT2D eigenvalue weighted by atomic mass is 10.00. The van der Waals surface area contributed by atoms with Crippen molar-refractivity contribution in [2.75, 3.05) is 23.9 Å². The van der Waals surface area contributed by atoms with Crippen molar-refractivity contribution in [1.29, 1.82) is 0 Å². The maximum atomic E-state index is 12.1. The predicted molar refractivity (Wildman–Crippen MR) is 163 cm³/mol. The van der Waals surface area contributed by atoms with Crippen LogP contribution in [0.1, 0.15) is 29.0 Å². The molecular formula is C32H29N5O2S. The minimum atomic E-state index is -0.196. The fourth-order valence-electron chi connectivity index (χ4n) is 5.39. The van der Waals surface area contributed by atoms with E-state index in [4.69, 9.17) is 21.9 Å². The van der Waals surface area contributed by atoms with Gasteiger partial charge in [0.2, 0.25) is 5.91 Å². The lowest BCUT2D eigenvalue weighted by Gasteiger charge is -2.29. The van der Waals surface area contributed by atoms with Crippen LogP contribution in [0.5, 0.6) is 0 Å². The third kappa shape index (κ3) is 4.83. The maximum Gasteiger partial charge on any atom is 0.250 e. The molecule has 7 nitrogen and oxygen atoms in total. The molecule has 40 heavy (non-hydrogen) atoms. The number of carbonyl (C=O) groups is 1. The van der Waals surface area contributed by atoms with Crippen LogP contribution in [0.4, 0.5) is 11.4 Å². The Morgan fingerprint density at radius 2 is 1.77 bits per heavy atom. The fourth-order valence-corrected chi connectivity index (χ4v) is 5.73. The van der Waals surface area contributed by atoms with Gasteiger partial charge in [0.05, 0.1) is 11.7 Å². The van der Waals surface area contributed by atoms with E-state index in [0.29, 0.717) is 5.11 Å². The summed E-state index contributed by atoms with van der Waals surface area (Å²) in [5, 5.41) is 9.45. The Morgan fingerprint density at radius 3 is 2.55 bits per heavy atom. The molecule has 200 valence electrons. The van der Waals surface area contributed by atoms with Crippen LogP contribution in [0.15, 0.2) is 103 Å². The molecule has 0 unspecified atom stereocenters. The van der Waals surface area contributed by atoms with E-state index in [-0.39, 0.29) is 24.6 Å². The summed E-state index contributed by atoms with van der Waals surface area (Å²) in [6, 6.07) is 30.6. The summed E-state index contributed by atoms with van der Waals surface area (Å²) in [6.45, 7) is 1.97. The number of carbonyl (C=O) groups excluding carboxylic acids is 1. The third-order valence-electron chi connectivity index (χ3n) is 7.23. The van der Waals surface area contributed by atoms with Gasteiger partial charge >= 0.3 is 0 Å². The Labute approximate surface area is 238 Å². The number of fused-ring (bicyclic) bond motifs is 1. The summed E-state index contributed by atoms with van der Waals surface area (Å²) in [7, 11) is 1.50. The molecule has 2 aromatic heterocycles. The van der Waals surface area contributed by atoms with Crippen LogP contribution in [-0.4, -0.2) is 34.3 Å². The van der Waals surface area contributed by atoms with Gasteiger partial charge in [0, 0.05) is 42.3 Å². The summed E-state index contributed by atoms with van der Waals surface area (Å²) in [5.74, 6) is -0.196. The number of pyridine rings is 1. The number of amides is 1. The van der Waals surface area contributed by atoms with Crippen molar-refractivity contribution in [2.45, 2.75) is 19.0 Å². The first-order valence-electron chi connectivity index (χ1n) is 13.1. The van der Waals surface area contributed by atoms with E-state index in [1.54, 1.807) is 0 Å². The third-order valence-corrected chi connectivity index (χ3v) is 7.54. The predicted octanol–water partition coefficient (Wildman–Crippen LogP) is 6.10. The summed E-state index contributed by atoms with van der Waals surface area (Å²) in [6.07, 6.45) is 3.90. The van der Waals surface area contributed by atoms with E-state index < -0.39 is 0 Å². The molecule has 2 N–H and O–H groups in total. The fraction of sp³-hybridized carbons (Fsp3) is 0.156. The quantitative estimate of drug-likeness (QED) is 0.240. The van der Waals surface area contributed by atoms with Gasteiger partial charge in [-0.05, 0) is 90.1 Å². The highest BCUT2D eigenvalue weighted by molar-refractivity contribution is 7.80. The monoisotopic (exact) mass is 547 g/mol. The average molecular weight is 548 g/mol. The number of hydrogen-bond acceptors (Lipinski definition) is 4. The number of aromatic nitrogens is 2. The summed E-state index contributed by atoms with van der Waals surface area (Å²) in [5.41, 5.74) is 5.64. The Balaban J connectivity index is 1.44. The average Bonchev–Trinajstić information content (AvgIpc) is 3.59. The number of anilines is 2. The van der Waals surface area contributed by atoms with Crippen LogP contribution >= 0.6 is 12.2 Å². The van der Waals surface area contributed by atoms with Crippen LogP contribution in [0.25, 0.3) is 16.5 Å². The number of nitrogens with zero attached hydrogens (tertiary/aromatic N) is 3. The van der Waals surface area contributed by atoms with Crippen molar-refractivity contribution in [1.82, 2.24) is 14.9 Å². The van der Waals surface area contributed by atoms with Crippen molar-refractivity contribution in [2.24, 2.45) is 0 Å². The van der Waals surface area contributed by atoms with E-state index in [1.165, 1.54) is 17.9 Å². The number of rotatable bonds is 7. The van der Waals surface area contributed by atoms with Crippen molar-refractivity contribution in [3.8, 4) is 5.69 Å². The summed E-state index contributed by atoms with van der Waals surface area (Å²) in [4.78, 5) is 19.0. The molecule has 1 amide bonds. The Bertz CT molecular complexity index is 1700. The Kier molecular flexibility index (Phi) is 7.02. The zero-order valence-electron chi connectivity index (χ0n) is 22.2. The van der Waals surface area contributed by atoms with Gasteiger partial charge in [0.15, 0.2) is 5.11 Å². The number of ether oxygens (including phenoxy) is 1. The molecule has 3 heterocycles. The number of aryl methyl sites for hydroxylation is 1. The van der Waals surface area contributed by atoms with Gasteiger partial charge in [-0.3, -0.25) is 9.78 Å². The van der Waals surface area contributed by atoms with Crippen molar-refractivity contribution in [3.63, 3.8) is 0 Å². The lowest BCUT2D eigenvalue weighted by Crippen LogP contribution is -2.30. The van der Waals surface area contributed by atoms with Crippen molar-refractivity contribution in [3.05, 3.63) is 120 Å². The van der Waals surface area contributed by atoms with Gasteiger partial charge in [0.1, 0.15) is 12.6 Å². The van der Waals surface area contributed by atoms with Gasteiger partial charge in [0.25, 0.3) is 0 Å². The van der Waals surface area contributed by atoms with E-state index in [9.17, 15) is 4.79 Å². The minimum absolute atomic E-state index is 0.000906. The number of hydrogen-bond donors (Lipinski definition) is 2. The van der Waals surface area contributed by atoms with Crippen LogP contribution in [0.3, 0.4) is 0 Å². The molecule has 6 rings (SSSR count). The van der Waals surface area contributed by atoms with Crippen LogP contribution < -0.4 is 15.5 Å². The van der Waals surface area contributed by atoms with E-state index in [2.05, 4.69) is 80.9 Å². The standard InChI is InChI=1S/C32H29N5O2S/c1-21-18-25(14-15-26(21)34-29(38)20-39-2)37-31(30(35-32(37)40)27-10-5-6-16-33-27)28-11-7-17-36(28)24-13-12-22-8-3-4-9-23(22)19-24/h3-19,30-31H,20H2,1-2H3,(H,34,38)(H,35,40)/t30-,31+/m0/s1. The highest BCUT2D eigenvalue weighted by Gasteiger charge is 2.42. The molecule has 3 aromatic carbocycles. The number of nitrogens with one attached hydrogen (secondary N) is 2. The first-order valence-corrected chi connectivity index (χ1v) is 13.5. The summed E-state index contributed by atoms with van der Waals surface area (Å²) >= 11 is 5.95. The zero-order valence-corrected chi connectivity index (χ0v) is 23.1. The zero-order chi connectivity index (χ0) is 27.6. The SMILES string of the molecule is COCC(=O)Nc1ccc(N2C(=S)N[C@@H](c3ccccn3)[C@H]2c2cccn2-c2ccc3ccccc3c2)cc1C. The van der Waals surface area contributed by atoms with E-state index in [0.717, 1.165) is 34.0 Å². The molecule has 0 saturated carbocycles. The van der Waals surface area contributed by atoms with Crippen LogP contribution in [0.2, 0.25) is 0 Å². The second kappa shape index (κ2) is 10.9. The molecule has 8 heteroatoms. The molecule has 1 aliphatic rings. The number of methoxy groups -OCH3 is 1. The smallest absolute Gasteiger partial charge is 0.250 e. The molecule has 0 spiro atoms. The highest BCUT2D eigenvalue weighted by atomic mass is 32.1. The van der Waals surface area contributed by atoms with Gasteiger partial charge in [-0.2, -0.15) is 0 Å². The van der Waals surface area contributed by atoms with Crippen LogP contribution in [-0.2, 0) is 9.53 Å². The summed E-state index contributed by atoms with van der Waals surface area (Å²) < 4.78 is 7.19. The number of thiocarbonyl (C=S) groups is 1. The lowest BCUT2D eigenvalue weighted by molar-refractivity contribution is -0.119. The van der Waals surface area contributed by atoms with E-state index >= 15 is 0 Å². The molecule has 1 saturated heterocycles. The molecule has 5 aromatic rings. The largest absolute Gasteiger partial charge is 0.375 e. The highest BCUT2D eigenvalue weighted by Crippen LogP contribution is 2.43. The topological polar surface area (TPSA) is 71.4 Å². The molecule has 0 bridgehead atoms. The van der Waals surface area contributed by atoms with Crippen LogP contribution in [0, 0.1) is 6.92 Å². The minimum Gasteiger partial charge on any atom is -0.375 e.